The number of rotatable bonds is 3. The van der Waals surface area contributed by atoms with Gasteiger partial charge in [-0.1, -0.05) is 6.07 Å². The van der Waals surface area contributed by atoms with Crippen LogP contribution in [0.5, 0.6) is 0 Å². The minimum Gasteiger partial charge on any atom is -0.320 e. The predicted octanol–water partition coefficient (Wildman–Crippen LogP) is 1.86. The largest absolute Gasteiger partial charge is 0.330 e. The molecule has 1 aromatic carbocycles. The number of likely N-dealkylation sites (N-methyl/N-ethyl adjacent to an activating group) is 1. The molecular weight excluding hydrogens is 338 g/mol. The second-order valence-electron chi connectivity index (χ2n) is 6.02. The van der Waals surface area contributed by atoms with Gasteiger partial charge in [-0.05, 0) is 25.2 Å². The number of imidazole rings is 1. The maximum atomic E-state index is 12.5. The van der Waals surface area contributed by atoms with E-state index in [1.807, 2.05) is 6.07 Å². The Balaban J connectivity index is 1.55. The van der Waals surface area contributed by atoms with Crippen LogP contribution in [0.4, 0.5) is 5.69 Å². The summed E-state index contributed by atoms with van der Waals surface area (Å²) in [6, 6.07) is 7.16. The number of hydrogen-bond donors (Lipinski definition) is 2. The average molecular weight is 355 g/mol. The normalized spacial score (nSPS) is 14.3. The Morgan fingerprint density at radius 3 is 3.08 bits per heavy atom. The molecule has 1 aliphatic rings. The number of anilines is 1. The molecule has 3 aromatic rings. The van der Waals surface area contributed by atoms with Gasteiger partial charge in [0.15, 0.2) is 5.01 Å². The summed E-state index contributed by atoms with van der Waals surface area (Å²) in [5, 5.41) is 3.35. The zero-order valence-corrected chi connectivity index (χ0v) is 14.5. The second-order valence-corrected chi connectivity index (χ2v) is 7.10. The lowest BCUT2D eigenvalue weighted by Gasteiger charge is -2.20. The smallest absolute Gasteiger partial charge is 0.320 e. The van der Waals surface area contributed by atoms with E-state index < -0.39 is 0 Å². The van der Waals surface area contributed by atoms with E-state index in [0.29, 0.717) is 16.4 Å². The number of aromatic nitrogens is 3. The molecule has 128 valence electrons. The second kappa shape index (κ2) is 6.30. The van der Waals surface area contributed by atoms with Gasteiger partial charge in [-0.15, -0.1) is 11.3 Å². The van der Waals surface area contributed by atoms with Gasteiger partial charge in [0.25, 0.3) is 5.91 Å². The third-order valence-corrected chi connectivity index (χ3v) is 5.23. The number of nitrogens with zero attached hydrogens (tertiary/aromatic N) is 3. The molecule has 8 heteroatoms. The molecule has 0 fully saturated rings. The van der Waals surface area contributed by atoms with Gasteiger partial charge in [-0.3, -0.25) is 9.36 Å². The minimum absolute atomic E-state index is 0.222. The highest BCUT2D eigenvalue weighted by molar-refractivity contribution is 7.13. The number of nitrogens with one attached hydrogen (secondary N) is 2. The molecule has 4 rings (SSSR count). The van der Waals surface area contributed by atoms with E-state index in [1.54, 1.807) is 30.6 Å². The summed E-state index contributed by atoms with van der Waals surface area (Å²) >= 11 is 1.45. The summed E-state index contributed by atoms with van der Waals surface area (Å²) in [6.07, 6.45) is 4.10. The summed E-state index contributed by atoms with van der Waals surface area (Å²) in [5.41, 5.74) is 2.12. The number of thiazole rings is 1. The van der Waals surface area contributed by atoms with Crippen LogP contribution in [0.2, 0.25) is 0 Å². The van der Waals surface area contributed by atoms with Crippen LogP contribution in [-0.4, -0.2) is 38.9 Å². The molecule has 1 amide bonds. The number of benzene rings is 1. The molecule has 25 heavy (non-hydrogen) atoms. The van der Waals surface area contributed by atoms with E-state index in [-0.39, 0.29) is 11.6 Å². The maximum Gasteiger partial charge on any atom is 0.330 e. The van der Waals surface area contributed by atoms with Crippen molar-refractivity contribution in [2.45, 2.75) is 13.0 Å². The van der Waals surface area contributed by atoms with Crippen molar-refractivity contribution in [3.8, 4) is 5.69 Å². The summed E-state index contributed by atoms with van der Waals surface area (Å²) in [6.45, 7) is 1.80. The molecule has 2 N–H and O–H groups in total. The molecule has 0 unspecified atom stereocenters. The van der Waals surface area contributed by atoms with Gasteiger partial charge >= 0.3 is 5.69 Å². The average Bonchev–Trinajstić information content (AvgIpc) is 3.20. The van der Waals surface area contributed by atoms with Crippen LogP contribution in [0.25, 0.3) is 5.69 Å². The van der Waals surface area contributed by atoms with E-state index >= 15 is 0 Å². The standard InChI is InChI=1S/C17H17N5O2S/c1-21-7-5-13-14(10-21)25-16(20-13)15(23)19-11-3-2-4-12(9-11)22-8-6-18-17(22)24/h2-4,6,8-9H,5,7,10H2,1H3,(H,18,24)(H,19,23). The van der Waals surface area contributed by atoms with Gasteiger partial charge in [-0.25, -0.2) is 9.78 Å². The molecular formula is C17H17N5O2S. The Morgan fingerprint density at radius 1 is 1.40 bits per heavy atom. The number of H-pyrrole nitrogens is 1. The molecule has 0 saturated carbocycles. The highest BCUT2D eigenvalue weighted by Crippen LogP contribution is 2.25. The quantitative estimate of drug-likeness (QED) is 0.751. The highest BCUT2D eigenvalue weighted by Gasteiger charge is 2.21. The zero-order chi connectivity index (χ0) is 17.4. The first kappa shape index (κ1) is 15.8. The molecule has 2 aromatic heterocycles. The predicted molar refractivity (Wildman–Crippen MR) is 96.5 cm³/mol. The van der Waals surface area contributed by atoms with Crippen LogP contribution in [0.3, 0.4) is 0 Å². The molecule has 0 atom stereocenters. The van der Waals surface area contributed by atoms with Gasteiger partial charge in [-0.2, -0.15) is 0 Å². The van der Waals surface area contributed by atoms with Crippen molar-refractivity contribution in [2.24, 2.45) is 0 Å². The highest BCUT2D eigenvalue weighted by atomic mass is 32.1. The number of aromatic amines is 1. The Morgan fingerprint density at radius 2 is 2.28 bits per heavy atom. The first-order chi connectivity index (χ1) is 12.1. The lowest BCUT2D eigenvalue weighted by atomic mass is 10.2. The lowest BCUT2D eigenvalue weighted by molar-refractivity contribution is 0.102. The van der Waals surface area contributed by atoms with Crippen molar-refractivity contribution in [3.05, 3.63) is 62.7 Å². The Labute approximate surface area is 147 Å². The molecule has 0 aliphatic carbocycles. The Hall–Kier alpha value is -2.71. The van der Waals surface area contributed by atoms with E-state index in [1.165, 1.54) is 15.9 Å². The van der Waals surface area contributed by atoms with Crippen molar-refractivity contribution in [1.82, 2.24) is 19.4 Å². The number of amides is 1. The fourth-order valence-corrected chi connectivity index (χ4v) is 3.95. The molecule has 7 nitrogen and oxygen atoms in total. The maximum absolute atomic E-state index is 12.5. The topological polar surface area (TPSA) is 83.0 Å². The van der Waals surface area contributed by atoms with Gasteiger partial charge in [0.2, 0.25) is 0 Å². The van der Waals surface area contributed by atoms with Crippen LogP contribution in [0, 0.1) is 0 Å². The SMILES string of the molecule is CN1CCc2nc(C(=O)Nc3cccc(-n4cc[nH]c4=O)c3)sc2C1. The van der Waals surface area contributed by atoms with Crippen molar-refractivity contribution < 1.29 is 4.79 Å². The third-order valence-electron chi connectivity index (χ3n) is 4.15. The molecule has 3 heterocycles. The Kier molecular flexibility index (Phi) is 3.98. The van der Waals surface area contributed by atoms with Gasteiger partial charge in [0, 0.05) is 42.5 Å². The molecule has 0 radical (unpaired) electrons. The lowest BCUT2D eigenvalue weighted by Crippen LogP contribution is -2.25. The molecule has 0 saturated heterocycles. The number of carbonyl (C=O) groups is 1. The fraction of sp³-hybridized carbons (Fsp3) is 0.235. The van der Waals surface area contributed by atoms with Gasteiger partial charge in [0.1, 0.15) is 0 Å². The van der Waals surface area contributed by atoms with E-state index in [9.17, 15) is 9.59 Å². The third kappa shape index (κ3) is 3.13. The number of hydrogen-bond acceptors (Lipinski definition) is 5. The monoisotopic (exact) mass is 355 g/mol. The van der Waals surface area contributed by atoms with Crippen LogP contribution in [0.1, 0.15) is 20.4 Å². The number of fused-ring (bicyclic) bond motifs is 1. The van der Waals surface area contributed by atoms with Crippen molar-refractivity contribution in [2.75, 3.05) is 18.9 Å². The molecule has 0 bridgehead atoms. The van der Waals surface area contributed by atoms with Crippen LogP contribution < -0.4 is 11.0 Å². The van der Waals surface area contributed by atoms with Crippen molar-refractivity contribution >= 4 is 22.9 Å². The van der Waals surface area contributed by atoms with E-state index in [2.05, 4.69) is 27.2 Å². The van der Waals surface area contributed by atoms with Crippen molar-refractivity contribution in [3.63, 3.8) is 0 Å². The summed E-state index contributed by atoms with van der Waals surface area (Å²) in [5.74, 6) is -0.222. The van der Waals surface area contributed by atoms with Gasteiger partial charge in [0.05, 0.1) is 11.4 Å². The van der Waals surface area contributed by atoms with E-state index in [0.717, 1.165) is 30.1 Å². The van der Waals surface area contributed by atoms with Crippen LogP contribution >= 0.6 is 11.3 Å². The summed E-state index contributed by atoms with van der Waals surface area (Å²) < 4.78 is 1.48. The Bertz CT molecular complexity index is 987. The molecule has 1 aliphatic heterocycles. The number of carbonyl (C=O) groups excluding carboxylic acids is 1. The van der Waals surface area contributed by atoms with E-state index in [4.69, 9.17) is 0 Å². The van der Waals surface area contributed by atoms with Crippen LogP contribution in [-0.2, 0) is 13.0 Å². The minimum atomic E-state index is -0.222. The summed E-state index contributed by atoms with van der Waals surface area (Å²) in [7, 11) is 2.07. The van der Waals surface area contributed by atoms with Gasteiger partial charge < -0.3 is 15.2 Å². The first-order valence-corrected chi connectivity index (χ1v) is 8.77. The molecule has 0 spiro atoms. The zero-order valence-electron chi connectivity index (χ0n) is 13.7. The fourth-order valence-electron chi connectivity index (χ4n) is 2.86. The summed E-state index contributed by atoms with van der Waals surface area (Å²) in [4.78, 5) is 34.7. The first-order valence-electron chi connectivity index (χ1n) is 7.95. The van der Waals surface area contributed by atoms with Crippen molar-refractivity contribution in [1.29, 1.82) is 0 Å². The van der Waals surface area contributed by atoms with Crippen LogP contribution in [0.15, 0.2) is 41.5 Å².